The summed E-state index contributed by atoms with van der Waals surface area (Å²) in [4.78, 5) is 24.1. The number of amides is 1. The minimum Gasteiger partial charge on any atom is -0.493 e. The number of likely N-dealkylation sites (tertiary alicyclic amines) is 1. The third-order valence-corrected chi connectivity index (χ3v) is 11.1. The molecule has 0 aliphatic carbocycles. The second kappa shape index (κ2) is 11.6. The van der Waals surface area contributed by atoms with E-state index in [-0.39, 0.29) is 35.8 Å². The normalized spacial score (nSPS) is 18.5. The number of alkyl halides is 3. The van der Waals surface area contributed by atoms with Gasteiger partial charge in [-0.05, 0) is 25.5 Å². The van der Waals surface area contributed by atoms with Crippen LogP contribution in [-0.4, -0.2) is 98.6 Å². The lowest BCUT2D eigenvalue weighted by atomic mass is 10.0. The number of thiazole rings is 1. The molecule has 2 saturated heterocycles. The molecular weight excluding hydrogens is 630 g/mol. The summed E-state index contributed by atoms with van der Waals surface area (Å²) in [7, 11) is 0.0471. The van der Waals surface area contributed by atoms with Crippen molar-refractivity contribution in [3.63, 3.8) is 0 Å². The lowest BCUT2D eigenvalue weighted by Gasteiger charge is -2.33. The summed E-state index contributed by atoms with van der Waals surface area (Å²) in [6, 6.07) is 2.38. The van der Waals surface area contributed by atoms with E-state index in [2.05, 4.69) is 34.6 Å². The van der Waals surface area contributed by atoms with Gasteiger partial charge in [-0.1, -0.05) is 31.0 Å². The number of halogens is 3. The molecule has 0 unspecified atom stereocenters. The average molecular weight is 665 g/mol. The van der Waals surface area contributed by atoms with E-state index in [0.717, 1.165) is 11.0 Å². The molecule has 4 aromatic rings. The van der Waals surface area contributed by atoms with Gasteiger partial charge in [0.25, 0.3) is 0 Å². The van der Waals surface area contributed by atoms with E-state index in [0.29, 0.717) is 53.8 Å². The van der Waals surface area contributed by atoms with Crippen molar-refractivity contribution in [1.29, 1.82) is 0 Å². The first-order valence-corrected chi connectivity index (χ1v) is 19.1. The van der Waals surface area contributed by atoms with Gasteiger partial charge in [0, 0.05) is 51.1 Å². The lowest BCUT2D eigenvalue weighted by molar-refractivity contribution is -0.127. The molecule has 4 aromatic heterocycles. The second-order valence-corrected chi connectivity index (χ2v) is 19.3. The first-order chi connectivity index (χ1) is 21.2. The molecule has 1 amide bonds. The number of hydrogen-bond acceptors (Lipinski definition) is 9. The van der Waals surface area contributed by atoms with E-state index in [9.17, 15) is 23.1 Å². The van der Waals surface area contributed by atoms with Crippen molar-refractivity contribution in [1.82, 2.24) is 34.3 Å². The summed E-state index contributed by atoms with van der Waals surface area (Å²) in [5.41, 5.74) is 1.84. The number of aromatic nitrogens is 6. The van der Waals surface area contributed by atoms with Crippen LogP contribution in [-0.2, 0) is 17.9 Å². The van der Waals surface area contributed by atoms with Crippen molar-refractivity contribution < 1.29 is 32.5 Å². The van der Waals surface area contributed by atoms with Gasteiger partial charge in [-0.15, -0.1) is 0 Å². The molecule has 0 spiro atoms. The van der Waals surface area contributed by atoms with E-state index in [1.807, 2.05) is 6.92 Å². The third-order valence-electron chi connectivity index (χ3n) is 8.19. The molecular formula is C28H35F3N8O4SSi. The van der Waals surface area contributed by atoms with Crippen LogP contribution in [0.1, 0.15) is 17.7 Å². The number of rotatable bonds is 10. The van der Waals surface area contributed by atoms with E-state index in [4.69, 9.17) is 19.6 Å². The van der Waals surface area contributed by atoms with Crippen molar-refractivity contribution >= 4 is 36.2 Å². The van der Waals surface area contributed by atoms with Crippen LogP contribution >= 0.6 is 11.3 Å². The molecule has 2 aliphatic heterocycles. The van der Waals surface area contributed by atoms with Crippen LogP contribution in [0.25, 0.3) is 27.6 Å². The topological polar surface area (TPSA) is 123 Å². The molecule has 242 valence electrons. The third kappa shape index (κ3) is 6.24. The zero-order valence-corrected chi connectivity index (χ0v) is 27.4. The summed E-state index contributed by atoms with van der Waals surface area (Å²) in [6.07, 6.45) is -3.05. The molecule has 45 heavy (non-hydrogen) atoms. The summed E-state index contributed by atoms with van der Waals surface area (Å²) < 4.78 is 57.3. The van der Waals surface area contributed by atoms with Crippen molar-refractivity contribution in [2.75, 3.05) is 31.7 Å². The number of ether oxygens (including phenoxy) is 2. The monoisotopic (exact) mass is 664 g/mol. The highest BCUT2D eigenvalue weighted by molar-refractivity contribution is 7.19. The van der Waals surface area contributed by atoms with Gasteiger partial charge in [0.1, 0.15) is 28.8 Å². The molecule has 0 saturated carbocycles. The number of piperazine rings is 1. The zero-order chi connectivity index (χ0) is 32.3. The van der Waals surface area contributed by atoms with Crippen LogP contribution in [0.5, 0.6) is 5.75 Å². The maximum atomic E-state index is 14.3. The number of aryl methyl sites for hydroxylation is 1. The maximum absolute atomic E-state index is 14.3. The fraction of sp³-hybridized carbons (Fsp3) is 0.536. The number of nitrogens with zero attached hydrogens (tertiary/aromatic N) is 8. The van der Waals surface area contributed by atoms with Crippen molar-refractivity contribution in [3.8, 4) is 27.7 Å². The Morgan fingerprint density at radius 1 is 1.22 bits per heavy atom. The lowest BCUT2D eigenvalue weighted by Crippen LogP contribution is -2.48. The second-order valence-electron chi connectivity index (χ2n) is 12.7. The van der Waals surface area contributed by atoms with Crippen LogP contribution < -0.4 is 9.64 Å². The quantitative estimate of drug-likeness (QED) is 0.176. The van der Waals surface area contributed by atoms with Crippen LogP contribution in [0.15, 0.2) is 18.6 Å². The highest BCUT2D eigenvalue weighted by atomic mass is 32.1. The highest BCUT2D eigenvalue weighted by Crippen LogP contribution is 2.44. The number of methoxy groups -OCH3 is 1. The molecule has 2 fully saturated rings. The summed E-state index contributed by atoms with van der Waals surface area (Å²) in [6.45, 7) is 9.79. The van der Waals surface area contributed by atoms with Gasteiger partial charge < -0.3 is 24.4 Å². The predicted molar refractivity (Wildman–Crippen MR) is 165 cm³/mol. The fourth-order valence-corrected chi connectivity index (χ4v) is 7.98. The Kier molecular flexibility index (Phi) is 8.05. The molecule has 6 rings (SSSR count). The van der Waals surface area contributed by atoms with E-state index < -0.39 is 26.8 Å². The zero-order valence-electron chi connectivity index (χ0n) is 25.6. The van der Waals surface area contributed by atoms with Gasteiger partial charge in [-0.2, -0.15) is 23.4 Å². The minimum atomic E-state index is -4.54. The summed E-state index contributed by atoms with van der Waals surface area (Å²) in [5, 5.41) is 19.6. The SMILES string of the molecule is COc1cc(-c2c(CC(F)(F)F)c(-c3nc(C)c(N4C[C@@H]5C[C@H]4CN5C(=O)O)s3)nn2COCC[Si](C)(C)C)cn2ncnc12. The number of pyridine rings is 1. The molecule has 1 N–H and O–H groups in total. The number of carbonyl (C=O) groups is 1. The Bertz CT molecular complexity index is 1730. The number of fused-ring (bicyclic) bond motifs is 3. The molecule has 2 aliphatic rings. The number of hydrogen-bond donors (Lipinski definition) is 1. The first kappa shape index (κ1) is 31.3. The minimum absolute atomic E-state index is 0.0116. The molecule has 6 heterocycles. The molecule has 12 nitrogen and oxygen atoms in total. The Morgan fingerprint density at radius 3 is 2.64 bits per heavy atom. The van der Waals surface area contributed by atoms with Crippen molar-refractivity contribution in [3.05, 3.63) is 29.8 Å². The van der Waals surface area contributed by atoms with Gasteiger partial charge >= 0.3 is 12.3 Å². The molecule has 17 heteroatoms. The van der Waals surface area contributed by atoms with Crippen LogP contribution in [0.2, 0.25) is 25.7 Å². The number of carboxylic acid groups (broad SMARTS) is 1. The van der Waals surface area contributed by atoms with Crippen LogP contribution in [0, 0.1) is 6.92 Å². The largest absolute Gasteiger partial charge is 0.493 e. The van der Waals surface area contributed by atoms with Crippen LogP contribution in [0.4, 0.5) is 23.0 Å². The Hall–Kier alpha value is -3.70. The fourth-order valence-electron chi connectivity index (χ4n) is 6.07. The van der Waals surface area contributed by atoms with Gasteiger partial charge in [0.2, 0.25) is 0 Å². The Balaban J connectivity index is 1.45. The molecule has 0 radical (unpaired) electrons. The summed E-state index contributed by atoms with van der Waals surface area (Å²) in [5.74, 6) is 0.351. The van der Waals surface area contributed by atoms with Crippen LogP contribution in [0.3, 0.4) is 0 Å². The van der Waals surface area contributed by atoms with E-state index >= 15 is 0 Å². The summed E-state index contributed by atoms with van der Waals surface area (Å²) >= 11 is 1.28. The van der Waals surface area contributed by atoms with Crippen molar-refractivity contribution in [2.45, 2.75) is 70.4 Å². The van der Waals surface area contributed by atoms with Gasteiger partial charge in [0.05, 0.1) is 31.0 Å². The highest BCUT2D eigenvalue weighted by Gasteiger charge is 2.46. The van der Waals surface area contributed by atoms with Gasteiger partial charge in [-0.25, -0.2) is 24.0 Å². The van der Waals surface area contributed by atoms with E-state index in [1.165, 1.54) is 38.9 Å². The van der Waals surface area contributed by atoms with E-state index in [1.54, 1.807) is 12.3 Å². The standard InChI is InChI=1S/C28H35F3N8O4SSi/c1-16-26(36-12-19-9-18(36)13-37(19)27(40)41)44-25(34-16)22-20(10-28(29,30)31)23(39(35-22)15-43-6-7-45(3,4)5)17-8-21(42-2)24-32-14-33-38(24)11-17/h8,11,14,18-19H,6-7,9-10,12-13,15H2,1-5H3,(H,40,41)/t18-,19-/m0/s1. The van der Waals surface area contributed by atoms with Gasteiger partial charge in [-0.3, -0.25) is 0 Å². The average Bonchev–Trinajstić information content (AvgIpc) is 3.77. The smallest absolute Gasteiger partial charge is 0.407 e. The Morgan fingerprint density at radius 2 is 2.00 bits per heavy atom. The molecule has 2 bridgehead atoms. The molecule has 2 atom stereocenters. The maximum Gasteiger partial charge on any atom is 0.407 e. The number of anilines is 1. The Labute approximate surface area is 262 Å². The first-order valence-electron chi connectivity index (χ1n) is 14.6. The van der Waals surface area contributed by atoms with Gasteiger partial charge in [0.15, 0.2) is 11.4 Å². The van der Waals surface area contributed by atoms with Crippen molar-refractivity contribution in [2.24, 2.45) is 0 Å². The predicted octanol–water partition coefficient (Wildman–Crippen LogP) is 5.39. The molecule has 0 aromatic carbocycles.